The van der Waals surface area contributed by atoms with Crippen LogP contribution < -0.4 is 5.30 Å². The molecule has 3 heteroatoms. The van der Waals surface area contributed by atoms with E-state index in [4.69, 9.17) is 4.52 Å². The molecule has 94 valence electrons. The van der Waals surface area contributed by atoms with Crippen molar-refractivity contribution in [1.29, 1.82) is 0 Å². The van der Waals surface area contributed by atoms with Gasteiger partial charge in [0.05, 0.1) is 12.8 Å². The van der Waals surface area contributed by atoms with Gasteiger partial charge in [-0.15, -0.1) is 0 Å². The van der Waals surface area contributed by atoms with Crippen LogP contribution >= 0.6 is 7.37 Å². The number of hydrogen-bond donors (Lipinski definition) is 0. The SMILES string of the molecule is CCO[P@](=O)(Cc1ccccc1)c1ccccc1. The first-order valence-electron chi connectivity index (χ1n) is 6.08. The van der Waals surface area contributed by atoms with Gasteiger partial charge in [-0.3, -0.25) is 4.57 Å². The number of rotatable bonds is 5. The molecule has 18 heavy (non-hydrogen) atoms. The van der Waals surface area contributed by atoms with E-state index in [1.165, 1.54) is 0 Å². The second-order valence-corrected chi connectivity index (χ2v) is 6.51. The van der Waals surface area contributed by atoms with Crippen LogP contribution in [0.1, 0.15) is 12.5 Å². The van der Waals surface area contributed by atoms with E-state index in [0.717, 1.165) is 10.9 Å². The standard InChI is InChI=1S/C15H17O2P/c1-2-17-18(16,15-11-7-4-8-12-15)13-14-9-5-3-6-10-14/h3-12H,2,13H2,1H3/t18-/m1/s1. The first kappa shape index (κ1) is 13.1. The van der Waals surface area contributed by atoms with Crippen molar-refractivity contribution < 1.29 is 9.09 Å². The summed E-state index contributed by atoms with van der Waals surface area (Å²) in [5.41, 5.74) is 1.04. The largest absolute Gasteiger partial charge is 0.325 e. The summed E-state index contributed by atoms with van der Waals surface area (Å²) < 4.78 is 18.5. The van der Waals surface area contributed by atoms with E-state index in [0.29, 0.717) is 12.8 Å². The van der Waals surface area contributed by atoms with Crippen LogP contribution in [0, 0.1) is 0 Å². The van der Waals surface area contributed by atoms with E-state index in [2.05, 4.69) is 0 Å². The molecule has 0 saturated carbocycles. The summed E-state index contributed by atoms with van der Waals surface area (Å²) >= 11 is 0. The monoisotopic (exact) mass is 260 g/mol. The molecule has 2 aromatic rings. The maximum atomic E-state index is 13.0. The molecule has 0 aliphatic rings. The molecule has 0 saturated heterocycles. The lowest BCUT2D eigenvalue weighted by Crippen LogP contribution is -2.09. The summed E-state index contributed by atoms with van der Waals surface area (Å²) in [7, 11) is -2.79. The molecule has 0 spiro atoms. The Hall–Kier alpha value is -1.37. The molecule has 0 amide bonds. The zero-order valence-corrected chi connectivity index (χ0v) is 11.3. The molecule has 0 bridgehead atoms. The maximum absolute atomic E-state index is 13.0. The van der Waals surface area contributed by atoms with E-state index >= 15 is 0 Å². The topological polar surface area (TPSA) is 26.3 Å². The van der Waals surface area contributed by atoms with E-state index in [9.17, 15) is 4.57 Å². The summed E-state index contributed by atoms with van der Waals surface area (Å²) in [4.78, 5) is 0. The maximum Gasteiger partial charge on any atom is 0.236 e. The fourth-order valence-corrected chi connectivity index (χ4v) is 4.06. The third-order valence-electron chi connectivity index (χ3n) is 2.72. The van der Waals surface area contributed by atoms with Gasteiger partial charge in [0.25, 0.3) is 0 Å². The van der Waals surface area contributed by atoms with E-state index < -0.39 is 7.37 Å². The quantitative estimate of drug-likeness (QED) is 0.764. The highest BCUT2D eigenvalue weighted by Crippen LogP contribution is 2.48. The van der Waals surface area contributed by atoms with Crippen molar-refractivity contribution in [2.24, 2.45) is 0 Å². The average molecular weight is 260 g/mol. The van der Waals surface area contributed by atoms with Crippen LogP contribution in [0.15, 0.2) is 60.7 Å². The summed E-state index contributed by atoms with van der Waals surface area (Å²) in [5.74, 6) is 0. The number of benzene rings is 2. The molecule has 2 aromatic carbocycles. The third kappa shape index (κ3) is 3.10. The lowest BCUT2D eigenvalue weighted by atomic mass is 10.2. The molecule has 0 radical (unpaired) electrons. The van der Waals surface area contributed by atoms with Gasteiger partial charge in [-0.25, -0.2) is 0 Å². The molecule has 0 unspecified atom stereocenters. The molecule has 0 fully saturated rings. The van der Waals surface area contributed by atoms with Crippen molar-refractivity contribution in [2.75, 3.05) is 6.61 Å². The van der Waals surface area contributed by atoms with Crippen molar-refractivity contribution in [2.45, 2.75) is 13.1 Å². The van der Waals surface area contributed by atoms with Crippen LogP contribution in [0.2, 0.25) is 0 Å². The Bertz CT molecular complexity index is 523. The molecule has 0 aromatic heterocycles. The van der Waals surface area contributed by atoms with Crippen LogP contribution in [-0.4, -0.2) is 6.61 Å². The van der Waals surface area contributed by atoms with Gasteiger partial charge < -0.3 is 4.52 Å². The second kappa shape index (κ2) is 5.99. The Kier molecular flexibility index (Phi) is 4.35. The van der Waals surface area contributed by atoms with Crippen molar-refractivity contribution in [1.82, 2.24) is 0 Å². The zero-order valence-electron chi connectivity index (χ0n) is 10.5. The lowest BCUT2D eigenvalue weighted by molar-refractivity contribution is 0.340. The smallest absolute Gasteiger partial charge is 0.236 e. The van der Waals surface area contributed by atoms with Gasteiger partial charge in [0.1, 0.15) is 0 Å². The molecule has 2 nitrogen and oxygen atoms in total. The van der Waals surface area contributed by atoms with Gasteiger partial charge >= 0.3 is 0 Å². The van der Waals surface area contributed by atoms with Crippen LogP contribution in [0.25, 0.3) is 0 Å². The minimum atomic E-state index is -2.79. The van der Waals surface area contributed by atoms with Crippen molar-refractivity contribution in [3.05, 3.63) is 66.2 Å². The Morgan fingerprint density at radius 3 is 2.06 bits per heavy atom. The minimum Gasteiger partial charge on any atom is -0.325 e. The third-order valence-corrected chi connectivity index (χ3v) is 5.26. The summed E-state index contributed by atoms with van der Waals surface area (Å²) in [6, 6.07) is 19.3. The van der Waals surface area contributed by atoms with Gasteiger partial charge in [-0.2, -0.15) is 0 Å². The van der Waals surface area contributed by atoms with Crippen molar-refractivity contribution >= 4 is 12.7 Å². The van der Waals surface area contributed by atoms with Crippen molar-refractivity contribution in [3.8, 4) is 0 Å². The average Bonchev–Trinajstić information content (AvgIpc) is 2.41. The van der Waals surface area contributed by atoms with Gasteiger partial charge in [0.2, 0.25) is 7.37 Å². The molecule has 0 aliphatic heterocycles. The van der Waals surface area contributed by atoms with Gasteiger partial charge in [-0.1, -0.05) is 48.5 Å². The Labute approximate surface area is 108 Å². The van der Waals surface area contributed by atoms with E-state index in [1.807, 2.05) is 67.6 Å². The predicted molar refractivity (Wildman–Crippen MR) is 75.5 cm³/mol. The Morgan fingerprint density at radius 1 is 0.944 bits per heavy atom. The van der Waals surface area contributed by atoms with E-state index in [1.54, 1.807) is 0 Å². The normalized spacial score (nSPS) is 14.1. The van der Waals surface area contributed by atoms with Crippen molar-refractivity contribution in [3.63, 3.8) is 0 Å². The summed E-state index contributed by atoms with van der Waals surface area (Å²) in [5, 5.41) is 0.788. The number of hydrogen-bond acceptors (Lipinski definition) is 2. The van der Waals surface area contributed by atoms with E-state index in [-0.39, 0.29) is 0 Å². The fourth-order valence-electron chi connectivity index (χ4n) is 1.90. The molecule has 2 rings (SSSR count). The molecule has 0 N–H and O–H groups in total. The van der Waals surface area contributed by atoms with Crippen LogP contribution in [0.5, 0.6) is 0 Å². The Morgan fingerprint density at radius 2 is 1.50 bits per heavy atom. The molecule has 1 atom stereocenters. The highest BCUT2D eigenvalue weighted by Gasteiger charge is 2.25. The van der Waals surface area contributed by atoms with Crippen LogP contribution in [-0.2, 0) is 15.3 Å². The van der Waals surface area contributed by atoms with Crippen LogP contribution in [0.4, 0.5) is 0 Å². The van der Waals surface area contributed by atoms with Crippen LogP contribution in [0.3, 0.4) is 0 Å². The highest BCUT2D eigenvalue weighted by atomic mass is 31.2. The van der Waals surface area contributed by atoms with Gasteiger partial charge in [0, 0.05) is 5.30 Å². The minimum absolute atomic E-state index is 0.450. The molecule has 0 aliphatic carbocycles. The first-order valence-corrected chi connectivity index (χ1v) is 7.89. The molecular formula is C15H17O2P. The zero-order chi connectivity index (χ0) is 12.8. The summed E-state index contributed by atoms with van der Waals surface area (Å²) in [6.45, 7) is 2.33. The first-order chi connectivity index (χ1) is 8.74. The molecule has 0 heterocycles. The lowest BCUT2D eigenvalue weighted by Gasteiger charge is -2.18. The fraction of sp³-hybridized carbons (Fsp3) is 0.200. The Balaban J connectivity index is 2.31. The predicted octanol–water partition coefficient (Wildman–Crippen LogP) is 3.83. The van der Waals surface area contributed by atoms with Gasteiger partial charge in [-0.05, 0) is 24.6 Å². The molecular weight excluding hydrogens is 243 g/mol. The second-order valence-electron chi connectivity index (χ2n) is 4.07. The van der Waals surface area contributed by atoms with Gasteiger partial charge in [0.15, 0.2) is 0 Å². The summed E-state index contributed by atoms with van der Waals surface area (Å²) in [6.07, 6.45) is 0.450. The highest BCUT2D eigenvalue weighted by molar-refractivity contribution is 7.66.